The first-order valence-electron chi connectivity index (χ1n) is 10.7. The molecule has 0 spiro atoms. The minimum absolute atomic E-state index is 0.208. The highest BCUT2D eigenvalue weighted by Gasteiger charge is 2.27. The zero-order chi connectivity index (χ0) is 20.6. The second kappa shape index (κ2) is 10.5. The van der Waals surface area contributed by atoms with Gasteiger partial charge in [0.1, 0.15) is 5.75 Å². The van der Waals surface area contributed by atoms with E-state index in [1.165, 1.54) is 0 Å². The Hall–Kier alpha value is -2.28. The van der Waals surface area contributed by atoms with Crippen LogP contribution in [0, 0.1) is 0 Å². The van der Waals surface area contributed by atoms with Crippen LogP contribution in [0.4, 0.5) is 4.79 Å². The number of amides is 2. The standard InChI is InChI=1S/C22H33N3O4/c1-3-29-22(27)24-13-10-19(11-14-24)23-18-6-9-21(26)25(15-12-18)16-17-4-7-20(28-2)8-5-17/h4-5,7-8,18-19,23H,3,6,9-16H2,1-2H3. The smallest absolute Gasteiger partial charge is 0.409 e. The van der Waals surface area contributed by atoms with Crippen LogP contribution in [0.3, 0.4) is 0 Å². The Balaban J connectivity index is 1.45. The van der Waals surface area contributed by atoms with Crippen molar-refractivity contribution in [3.8, 4) is 5.75 Å². The molecule has 29 heavy (non-hydrogen) atoms. The molecule has 2 aliphatic heterocycles. The molecule has 2 saturated heterocycles. The van der Waals surface area contributed by atoms with E-state index in [9.17, 15) is 9.59 Å². The van der Waals surface area contributed by atoms with Crippen LogP contribution in [-0.2, 0) is 16.1 Å². The van der Waals surface area contributed by atoms with E-state index in [1.54, 1.807) is 12.0 Å². The van der Waals surface area contributed by atoms with Crippen molar-refractivity contribution in [2.75, 3.05) is 33.4 Å². The van der Waals surface area contributed by atoms with Crippen LogP contribution in [-0.4, -0.2) is 67.2 Å². The lowest BCUT2D eigenvalue weighted by atomic mass is 10.0. The van der Waals surface area contributed by atoms with Crippen LogP contribution in [0.1, 0.15) is 44.6 Å². The number of carbonyl (C=O) groups excluding carboxylic acids is 2. The highest BCUT2D eigenvalue weighted by Crippen LogP contribution is 2.19. The number of rotatable bonds is 6. The molecule has 0 aromatic heterocycles. The number of hydrogen-bond acceptors (Lipinski definition) is 5. The summed E-state index contributed by atoms with van der Waals surface area (Å²) in [6.45, 7) is 5.12. The Bertz CT molecular complexity index is 671. The second-order valence-electron chi connectivity index (χ2n) is 7.81. The topological polar surface area (TPSA) is 71.1 Å². The average molecular weight is 404 g/mol. The summed E-state index contributed by atoms with van der Waals surface area (Å²) >= 11 is 0. The molecule has 7 heteroatoms. The maximum absolute atomic E-state index is 12.6. The van der Waals surface area contributed by atoms with Gasteiger partial charge in [-0.3, -0.25) is 4.79 Å². The molecule has 0 aliphatic carbocycles. The van der Waals surface area contributed by atoms with Gasteiger partial charge < -0.3 is 24.6 Å². The average Bonchev–Trinajstić information content (AvgIpc) is 2.91. The lowest BCUT2D eigenvalue weighted by Gasteiger charge is -2.33. The lowest BCUT2D eigenvalue weighted by Crippen LogP contribution is -2.48. The molecular formula is C22H33N3O4. The molecule has 160 valence electrons. The normalized spacial score (nSPS) is 21.0. The largest absolute Gasteiger partial charge is 0.497 e. The summed E-state index contributed by atoms with van der Waals surface area (Å²) in [6.07, 6.45) is 4.06. The Morgan fingerprint density at radius 3 is 2.38 bits per heavy atom. The van der Waals surface area contributed by atoms with E-state index in [0.717, 1.165) is 56.6 Å². The first kappa shape index (κ1) is 21.4. The molecule has 0 saturated carbocycles. The van der Waals surface area contributed by atoms with Crippen molar-refractivity contribution in [2.45, 2.75) is 57.7 Å². The molecule has 2 heterocycles. The van der Waals surface area contributed by atoms with Crippen LogP contribution < -0.4 is 10.1 Å². The van der Waals surface area contributed by atoms with E-state index in [-0.39, 0.29) is 12.0 Å². The molecule has 2 aliphatic rings. The highest BCUT2D eigenvalue weighted by molar-refractivity contribution is 5.76. The fourth-order valence-corrected chi connectivity index (χ4v) is 4.10. The van der Waals surface area contributed by atoms with Gasteiger partial charge in [0.25, 0.3) is 0 Å². The summed E-state index contributed by atoms with van der Waals surface area (Å²) in [6, 6.07) is 8.65. The maximum Gasteiger partial charge on any atom is 0.409 e. The van der Waals surface area contributed by atoms with Gasteiger partial charge in [0.05, 0.1) is 13.7 Å². The minimum atomic E-state index is -0.208. The van der Waals surface area contributed by atoms with Crippen molar-refractivity contribution in [2.24, 2.45) is 0 Å². The third kappa shape index (κ3) is 6.10. The van der Waals surface area contributed by atoms with Crippen molar-refractivity contribution >= 4 is 12.0 Å². The predicted octanol–water partition coefficient (Wildman–Crippen LogP) is 2.79. The summed E-state index contributed by atoms with van der Waals surface area (Å²) in [5, 5.41) is 3.74. The molecule has 7 nitrogen and oxygen atoms in total. The van der Waals surface area contributed by atoms with Gasteiger partial charge in [0, 0.05) is 44.7 Å². The van der Waals surface area contributed by atoms with Gasteiger partial charge in [-0.2, -0.15) is 0 Å². The number of carbonyl (C=O) groups is 2. The summed E-state index contributed by atoms with van der Waals surface area (Å²) in [7, 11) is 1.65. The van der Waals surface area contributed by atoms with Crippen LogP contribution in [0.25, 0.3) is 0 Å². The fraction of sp³-hybridized carbons (Fsp3) is 0.636. The minimum Gasteiger partial charge on any atom is -0.497 e. The molecule has 1 N–H and O–H groups in total. The number of methoxy groups -OCH3 is 1. The number of piperidine rings is 1. The van der Waals surface area contributed by atoms with E-state index >= 15 is 0 Å². The van der Waals surface area contributed by atoms with Gasteiger partial charge in [-0.1, -0.05) is 12.1 Å². The number of hydrogen-bond donors (Lipinski definition) is 1. The van der Waals surface area contributed by atoms with Crippen LogP contribution in [0.5, 0.6) is 5.75 Å². The van der Waals surface area contributed by atoms with Gasteiger partial charge in [-0.05, 0) is 50.3 Å². The fourth-order valence-electron chi connectivity index (χ4n) is 4.10. The number of nitrogens with zero attached hydrogens (tertiary/aromatic N) is 2. The molecule has 2 fully saturated rings. The van der Waals surface area contributed by atoms with Crippen molar-refractivity contribution in [3.63, 3.8) is 0 Å². The van der Waals surface area contributed by atoms with Crippen LogP contribution >= 0.6 is 0 Å². The Labute approximate surface area is 173 Å². The van der Waals surface area contributed by atoms with Gasteiger partial charge in [-0.15, -0.1) is 0 Å². The zero-order valence-corrected chi connectivity index (χ0v) is 17.6. The molecule has 1 aromatic rings. The Morgan fingerprint density at radius 1 is 1.07 bits per heavy atom. The lowest BCUT2D eigenvalue weighted by molar-refractivity contribution is -0.131. The SMILES string of the molecule is CCOC(=O)N1CCC(NC2CCC(=O)N(Cc3ccc(OC)cc3)CC2)CC1. The molecule has 1 unspecified atom stereocenters. The summed E-state index contributed by atoms with van der Waals surface area (Å²) < 4.78 is 10.3. The number of benzene rings is 1. The second-order valence-corrected chi connectivity index (χ2v) is 7.81. The van der Waals surface area contributed by atoms with Gasteiger partial charge in [0.2, 0.25) is 5.91 Å². The Morgan fingerprint density at radius 2 is 1.72 bits per heavy atom. The van der Waals surface area contributed by atoms with Crippen LogP contribution in [0.2, 0.25) is 0 Å². The Kier molecular flexibility index (Phi) is 7.75. The first-order chi connectivity index (χ1) is 14.1. The van der Waals surface area contributed by atoms with E-state index < -0.39 is 0 Å². The molecule has 3 rings (SSSR count). The first-order valence-corrected chi connectivity index (χ1v) is 10.7. The van der Waals surface area contributed by atoms with Crippen molar-refractivity contribution in [3.05, 3.63) is 29.8 Å². The van der Waals surface area contributed by atoms with Crippen LogP contribution in [0.15, 0.2) is 24.3 Å². The molecule has 0 bridgehead atoms. The molecule has 1 aromatic carbocycles. The van der Waals surface area contributed by atoms with E-state index in [4.69, 9.17) is 9.47 Å². The van der Waals surface area contributed by atoms with E-state index in [0.29, 0.717) is 31.7 Å². The van der Waals surface area contributed by atoms with E-state index in [1.807, 2.05) is 36.1 Å². The maximum atomic E-state index is 12.6. The summed E-state index contributed by atoms with van der Waals surface area (Å²) in [5.74, 6) is 1.05. The number of nitrogens with one attached hydrogen (secondary N) is 1. The third-order valence-corrected chi connectivity index (χ3v) is 5.83. The molecule has 1 atom stereocenters. The van der Waals surface area contributed by atoms with Crippen molar-refractivity contribution < 1.29 is 19.1 Å². The molecule has 2 amide bonds. The third-order valence-electron chi connectivity index (χ3n) is 5.83. The quantitative estimate of drug-likeness (QED) is 0.791. The van der Waals surface area contributed by atoms with Crippen molar-refractivity contribution in [1.82, 2.24) is 15.1 Å². The number of ether oxygens (including phenoxy) is 2. The van der Waals surface area contributed by atoms with E-state index in [2.05, 4.69) is 5.32 Å². The van der Waals surface area contributed by atoms with Gasteiger partial charge in [-0.25, -0.2) is 4.79 Å². The van der Waals surface area contributed by atoms with Gasteiger partial charge in [0.15, 0.2) is 0 Å². The monoisotopic (exact) mass is 403 g/mol. The zero-order valence-electron chi connectivity index (χ0n) is 17.6. The van der Waals surface area contributed by atoms with Gasteiger partial charge >= 0.3 is 6.09 Å². The summed E-state index contributed by atoms with van der Waals surface area (Å²) in [5.41, 5.74) is 1.12. The van der Waals surface area contributed by atoms with Crippen molar-refractivity contribution in [1.29, 1.82) is 0 Å². The number of likely N-dealkylation sites (tertiary alicyclic amines) is 2. The highest BCUT2D eigenvalue weighted by atomic mass is 16.6. The molecule has 0 radical (unpaired) electrons. The molecular weight excluding hydrogens is 370 g/mol. The summed E-state index contributed by atoms with van der Waals surface area (Å²) in [4.78, 5) is 28.2. The predicted molar refractivity (Wildman–Crippen MR) is 111 cm³/mol.